The smallest absolute Gasteiger partial charge is 0.221 e. The average molecular weight is 470 g/mol. The Morgan fingerprint density at radius 1 is 1.18 bits per heavy atom. The van der Waals surface area contributed by atoms with Gasteiger partial charge in [0.15, 0.2) is 0 Å². The molecule has 0 saturated carbocycles. The van der Waals surface area contributed by atoms with Crippen LogP contribution in [0.4, 0.5) is 27.3 Å². The fraction of sp³-hybridized carbons (Fsp3) is 0.250. The van der Waals surface area contributed by atoms with Gasteiger partial charge in [0.25, 0.3) is 0 Å². The summed E-state index contributed by atoms with van der Waals surface area (Å²) in [5, 5.41) is 6.76. The van der Waals surface area contributed by atoms with Crippen molar-refractivity contribution in [3.8, 4) is 0 Å². The summed E-state index contributed by atoms with van der Waals surface area (Å²) in [4.78, 5) is 18.2. The summed E-state index contributed by atoms with van der Waals surface area (Å²) >= 11 is 6.14. The SMILES string of the molecule is NC(=O)Cc1cnc(Nc2ccc(N3CCOCC3)cc2)cc1NCc1c(F)cccc1Cl. The highest BCUT2D eigenvalue weighted by Gasteiger charge is 2.13. The molecule has 2 aromatic carbocycles. The monoisotopic (exact) mass is 469 g/mol. The number of nitrogens with one attached hydrogen (secondary N) is 2. The molecule has 0 bridgehead atoms. The van der Waals surface area contributed by atoms with Gasteiger partial charge in [-0.25, -0.2) is 9.37 Å². The number of primary amides is 1. The summed E-state index contributed by atoms with van der Waals surface area (Å²) < 4.78 is 19.6. The topological polar surface area (TPSA) is 92.5 Å². The lowest BCUT2D eigenvalue weighted by molar-refractivity contribution is -0.117. The van der Waals surface area contributed by atoms with Gasteiger partial charge in [0, 0.05) is 65.1 Å². The molecule has 3 aromatic rings. The first-order valence-corrected chi connectivity index (χ1v) is 11.0. The van der Waals surface area contributed by atoms with Crippen LogP contribution in [0.1, 0.15) is 11.1 Å². The van der Waals surface area contributed by atoms with Crippen molar-refractivity contribution in [3.63, 3.8) is 0 Å². The van der Waals surface area contributed by atoms with Crippen molar-refractivity contribution in [2.45, 2.75) is 13.0 Å². The Labute approximate surface area is 196 Å². The largest absolute Gasteiger partial charge is 0.380 e. The van der Waals surface area contributed by atoms with E-state index in [1.165, 1.54) is 6.07 Å². The highest BCUT2D eigenvalue weighted by molar-refractivity contribution is 6.31. The van der Waals surface area contributed by atoms with Crippen LogP contribution in [-0.4, -0.2) is 37.2 Å². The number of carbonyl (C=O) groups is 1. The number of pyridine rings is 1. The van der Waals surface area contributed by atoms with E-state index >= 15 is 0 Å². The van der Waals surface area contributed by atoms with Crippen molar-refractivity contribution in [3.05, 3.63) is 76.7 Å². The number of morpholine rings is 1. The molecule has 0 atom stereocenters. The molecule has 1 amide bonds. The van der Waals surface area contributed by atoms with Gasteiger partial charge in [-0.15, -0.1) is 0 Å². The highest BCUT2D eigenvalue weighted by atomic mass is 35.5. The molecular weight excluding hydrogens is 445 g/mol. The molecule has 1 aromatic heterocycles. The number of nitrogens with two attached hydrogens (primary N) is 1. The number of ether oxygens (including phenoxy) is 1. The molecule has 1 aliphatic heterocycles. The van der Waals surface area contributed by atoms with E-state index in [1.807, 2.05) is 12.1 Å². The third-order valence-electron chi connectivity index (χ3n) is 5.38. The summed E-state index contributed by atoms with van der Waals surface area (Å²) in [6.07, 6.45) is 1.59. The zero-order valence-electron chi connectivity index (χ0n) is 18.0. The molecule has 0 spiro atoms. The Hall–Kier alpha value is -3.36. The minimum absolute atomic E-state index is 0.00879. The second-order valence-electron chi connectivity index (χ2n) is 7.69. The van der Waals surface area contributed by atoms with Crippen LogP contribution in [-0.2, 0) is 22.5 Å². The number of rotatable bonds is 8. The van der Waals surface area contributed by atoms with E-state index in [-0.39, 0.29) is 13.0 Å². The summed E-state index contributed by atoms with van der Waals surface area (Å²) in [6, 6.07) is 14.4. The van der Waals surface area contributed by atoms with Crippen LogP contribution in [0.3, 0.4) is 0 Å². The van der Waals surface area contributed by atoms with Crippen LogP contribution >= 0.6 is 11.6 Å². The first-order valence-electron chi connectivity index (χ1n) is 10.6. The van der Waals surface area contributed by atoms with Crippen LogP contribution < -0.4 is 21.3 Å². The maximum absolute atomic E-state index is 14.2. The molecule has 0 aliphatic carbocycles. The summed E-state index contributed by atoms with van der Waals surface area (Å²) in [6.45, 7) is 3.35. The molecule has 2 heterocycles. The molecule has 33 heavy (non-hydrogen) atoms. The first-order chi connectivity index (χ1) is 16.0. The van der Waals surface area contributed by atoms with Gasteiger partial charge in [0.05, 0.1) is 19.6 Å². The summed E-state index contributed by atoms with van der Waals surface area (Å²) in [5.41, 5.74) is 8.96. The summed E-state index contributed by atoms with van der Waals surface area (Å²) in [7, 11) is 0. The molecule has 4 N–H and O–H groups in total. The first kappa shape index (κ1) is 22.8. The van der Waals surface area contributed by atoms with E-state index < -0.39 is 11.7 Å². The van der Waals surface area contributed by atoms with E-state index in [1.54, 1.807) is 24.4 Å². The van der Waals surface area contributed by atoms with Crippen LogP contribution in [0.2, 0.25) is 5.02 Å². The second-order valence-corrected chi connectivity index (χ2v) is 8.10. The standard InChI is InChI=1S/C24H25ClFN5O2/c25-20-2-1-3-21(26)19(20)15-28-22-13-24(29-14-16(22)12-23(27)32)30-17-4-6-18(7-5-17)31-8-10-33-11-9-31/h1-7,13-14H,8-12,15H2,(H2,27,32)(H2,28,29,30). The minimum Gasteiger partial charge on any atom is -0.380 e. The normalized spacial score (nSPS) is 13.6. The van der Waals surface area contributed by atoms with Gasteiger partial charge in [-0.1, -0.05) is 17.7 Å². The van der Waals surface area contributed by atoms with E-state index in [0.29, 0.717) is 27.7 Å². The number of anilines is 4. The van der Waals surface area contributed by atoms with Crippen LogP contribution in [0.25, 0.3) is 0 Å². The Balaban J connectivity index is 1.50. The maximum atomic E-state index is 14.2. The predicted molar refractivity (Wildman–Crippen MR) is 129 cm³/mol. The van der Waals surface area contributed by atoms with Gasteiger partial charge in [-0.05, 0) is 36.4 Å². The van der Waals surface area contributed by atoms with Crippen molar-refractivity contribution in [2.24, 2.45) is 5.73 Å². The number of amides is 1. The van der Waals surface area contributed by atoms with Crippen LogP contribution in [0.15, 0.2) is 54.7 Å². The quantitative estimate of drug-likeness (QED) is 0.460. The number of aromatic nitrogens is 1. The number of benzene rings is 2. The number of hydrogen-bond acceptors (Lipinski definition) is 6. The third kappa shape index (κ3) is 5.91. The van der Waals surface area contributed by atoms with Gasteiger partial charge in [-0.2, -0.15) is 0 Å². The van der Waals surface area contributed by atoms with Crippen molar-refractivity contribution in [1.29, 1.82) is 0 Å². The average Bonchev–Trinajstić information content (AvgIpc) is 2.81. The Kier molecular flexibility index (Phi) is 7.26. The van der Waals surface area contributed by atoms with E-state index in [0.717, 1.165) is 37.7 Å². The molecular formula is C24H25ClFN5O2. The van der Waals surface area contributed by atoms with E-state index in [2.05, 4.69) is 32.7 Å². The van der Waals surface area contributed by atoms with Crippen LogP contribution in [0, 0.1) is 5.82 Å². The number of hydrogen-bond donors (Lipinski definition) is 3. The minimum atomic E-state index is -0.483. The van der Waals surface area contributed by atoms with Crippen molar-refractivity contribution < 1.29 is 13.9 Å². The molecule has 0 unspecified atom stereocenters. The Morgan fingerprint density at radius 3 is 2.64 bits per heavy atom. The maximum Gasteiger partial charge on any atom is 0.221 e. The zero-order chi connectivity index (χ0) is 23.2. The molecule has 172 valence electrons. The molecule has 1 aliphatic rings. The third-order valence-corrected chi connectivity index (χ3v) is 5.74. The molecule has 4 rings (SSSR count). The van der Waals surface area contributed by atoms with Crippen molar-refractivity contribution in [2.75, 3.05) is 41.8 Å². The predicted octanol–water partition coefficient (Wildman–Crippen LogP) is 4.09. The van der Waals surface area contributed by atoms with Gasteiger partial charge < -0.3 is 26.0 Å². The Morgan fingerprint density at radius 2 is 1.94 bits per heavy atom. The lowest BCUT2D eigenvalue weighted by Gasteiger charge is -2.28. The number of halogens is 2. The van der Waals surface area contributed by atoms with Gasteiger partial charge in [-0.3, -0.25) is 4.79 Å². The molecule has 1 fully saturated rings. The van der Waals surface area contributed by atoms with E-state index in [9.17, 15) is 9.18 Å². The number of nitrogens with zero attached hydrogens (tertiary/aromatic N) is 2. The highest BCUT2D eigenvalue weighted by Crippen LogP contribution is 2.26. The fourth-order valence-corrected chi connectivity index (χ4v) is 3.88. The second kappa shape index (κ2) is 10.5. The summed E-state index contributed by atoms with van der Waals surface area (Å²) in [5.74, 6) is -0.313. The van der Waals surface area contributed by atoms with Crippen molar-refractivity contribution >= 4 is 40.4 Å². The zero-order valence-corrected chi connectivity index (χ0v) is 18.7. The van der Waals surface area contributed by atoms with Crippen molar-refractivity contribution in [1.82, 2.24) is 4.98 Å². The lowest BCUT2D eigenvalue weighted by atomic mass is 10.1. The fourth-order valence-electron chi connectivity index (χ4n) is 3.66. The van der Waals surface area contributed by atoms with E-state index in [4.69, 9.17) is 22.1 Å². The molecule has 7 nitrogen and oxygen atoms in total. The lowest BCUT2D eigenvalue weighted by Crippen LogP contribution is -2.36. The molecule has 9 heteroatoms. The van der Waals surface area contributed by atoms with Gasteiger partial charge >= 0.3 is 0 Å². The molecule has 1 saturated heterocycles. The van der Waals surface area contributed by atoms with Crippen LogP contribution in [0.5, 0.6) is 0 Å². The Bertz CT molecular complexity index is 1100. The number of carbonyl (C=O) groups excluding carboxylic acids is 1. The molecule has 0 radical (unpaired) electrons. The van der Waals surface area contributed by atoms with Gasteiger partial charge in [0.1, 0.15) is 11.6 Å². The van der Waals surface area contributed by atoms with Gasteiger partial charge in [0.2, 0.25) is 5.91 Å².